The quantitative estimate of drug-likeness (QED) is 0.427. The van der Waals surface area contributed by atoms with Gasteiger partial charge in [-0.1, -0.05) is 13.3 Å². The predicted octanol–water partition coefficient (Wildman–Crippen LogP) is 3.05. The van der Waals surface area contributed by atoms with Gasteiger partial charge < -0.3 is 0 Å². The Morgan fingerprint density at radius 2 is 2.24 bits per heavy atom. The fourth-order valence-corrected chi connectivity index (χ4v) is 7.08. The van der Waals surface area contributed by atoms with Crippen LogP contribution in [0.1, 0.15) is 45.4 Å². The van der Waals surface area contributed by atoms with E-state index in [1.807, 2.05) is 11.8 Å². The topological polar surface area (TPSA) is 55.1 Å². The number of carbonyl (C=O) groups is 1. The first-order valence-corrected chi connectivity index (χ1v) is 10.5. The van der Waals surface area contributed by atoms with E-state index in [-0.39, 0.29) is 10.6 Å². The Morgan fingerprint density at radius 3 is 2.81 bits per heavy atom. The van der Waals surface area contributed by atoms with E-state index in [1.165, 1.54) is 32.1 Å². The van der Waals surface area contributed by atoms with Crippen LogP contribution in [0.15, 0.2) is 0 Å². The molecule has 3 aliphatic rings. The molecule has 3 fully saturated rings. The lowest BCUT2D eigenvalue weighted by molar-refractivity contribution is -0.116. The molecular formula is C16H28N2OS2. The number of nitrogens with two attached hydrogens (primary N) is 1. The van der Waals surface area contributed by atoms with E-state index in [2.05, 4.69) is 12.3 Å². The van der Waals surface area contributed by atoms with E-state index >= 15 is 0 Å². The average molecular weight is 329 g/mol. The number of Topliss-reactive ketones (excluding diaryl/α,β-unsaturated/α-hetero) is 1. The largest absolute Gasteiger partial charge is 0.298 e. The lowest BCUT2D eigenvalue weighted by Gasteiger charge is -2.33. The van der Waals surface area contributed by atoms with Crippen molar-refractivity contribution in [2.24, 2.45) is 29.5 Å². The van der Waals surface area contributed by atoms with Crippen molar-refractivity contribution in [3.8, 4) is 0 Å². The van der Waals surface area contributed by atoms with Crippen LogP contribution < -0.4 is 11.3 Å². The minimum atomic E-state index is 0.227. The van der Waals surface area contributed by atoms with Gasteiger partial charge in [0.05, 0.1) is 16.4 Å². The number of carbonyl (C=O) groups excluding carboxylic acids is 1. The predicted molar refractivity (Wildman–Crippen MR) is 92.2 cm³/mol. The molecule has 0 aromatic carbocycles. The zero-order valence-corrected chi connectivity index (χ0v) is 14.6. The zero-order chi connectivity index (χ0) is 14.8. The highest BCUT2D eigenvalue weighted by Gasteiger charge is 2.43. The molecule has 3 rings (SSSR count). The van der Waals surface area contributed by atoms with Crippen molar-refractivity contribution >= 4 is 29.3 Å². The number of fused-ring (bicyclic) bond motifs is 2. The van der Waals surface area contributed by atoms with Crippen LogP contribution in [0, 0.1) is 23.7 Å². The molecule has 5 heteroatoms. The van der Waals surface area contributed by atoms with E-state index in [1.54, 1.807) is 11.8 Å². The van der Waals surface area contributed by atoms with E-state index < -0.39 is 0 Å². The van der Waals surface area contributed by atoms with Gasteiger partial charge in [-0.15, -0.1) is 11.8 Å². The third kappa shape index (κ3) is 3.62. The smallest absolute Gasteiger partial charge is 0.155 e. The van der Waals surface area contributed by atoms with Crippen molar-refractivity contribution in [2.75, 3.05) is 11.5 Å². The van der Waals surface area contributed by atoms with Gasteiger partial charge in [-0.2, -0.15) is 11.8 Å². The average Bonchev–Trinajstić information content (AvgIpc) is 3.23. The number of hydrogen-bond donors (Lipinski definition) is 2. The first-order chi connectivity index (χ1) is 10.2. The molecule has 120 valence electrons. The van der Waals surface area contributed by atoms with Gasteiger partial charge in [0.25, 0.3) is 0 Å². The summed E-state index contributed by atoms with van der Waals surface area (Å²) in [5, 5.41) is 0.485. The van der Waals surface area contributed by atoms with Crippen LogP contribution in [0.2, 0.25) is 0 Å². The van der Waals surface area contributed by atoms with Crippen LogP contribution in [0.3, 0.4) is 0 Å². The maximum Gasteiger partial charge on any atom is 0.155 e. The van der Waals surface area contributed by atoms with Crippen LogP contribution >= 0.6 is 23.5 Å². The highest BCUT2D eigenvalue weighted by molar-refractivity contribution is 8.02. The summed E-state index contributed by atoms with van der Waals surface area (Å²) in [7, 11) is 0. The van der Waals surface area contributed by atoms with Crippen molar-refractivity contribution in [1.82, 2.24) is 5.43 Å². The second-order valence-electron chi connectivity index (χ2n) is 7.06. The summed E-state index contributed by atoms with van der Waals surface area (Å²) in [6, 6.07) is 0. The van der Waals surface area contributed by atoms with Crippen molar-refractivity contribution < 1.29 is 4.79 Å². The summed E-state index contributed by atoms with van der Waals surface area (Å²) >= 11 is 3.58. The molecule has 1 aliphatic heterocycles. The Morgan fingerprint density at radius 1 is 1.38 bits per heavy atom. The Bertz CT molecular complexity index is 373. The van der Waals surface area contributed by atoms with Crippen molar-refractivity contribution in [3.05, 3.63) is 0 Å². The molecule has 0 radical (unpaired) electrons. The van der Waals surface area contributed by atoms with E-state index in [0.717, 1.165) is 29.9 Å². The Balaban J connectivity index is 1.49. The zero-order valence-electron chi connectivity index (χ0n) is 12.9. The SMILES string of the molecule is CC(C(NN)SCC(=O)C1CCCS1)C1CC2CCC1C2. The Hall–Kier alpha value is 0.290. The molecule has 2 aliphatic carbocycles. The molecule has 0 aromatic rings. The maximum absolute atomic E-state index is 12.2. The summed E-state index contributed by atoms with van der Waals surface area (Å²) in [6.45, 7) is 2.33. The van der Waals surface area contributed by atoms with E-state index in [9.17, 15) is 4.79 Å². The van der Waals surface area contributed by atoms with Gasteiger partial charge in [0.15, 0.2) is 5.78 Å². The minimum Gasteiger partial charge on any atom is -0.298 e. The van der Waals surface area contributed by atoms with Crippen LogP contribution in [-0.2, 0) is 4.79 Å². The van der Waals surface area contributed by atoms with Crippen LogP contribution in [0.5, 0.6) is 0 Å². The molecule has 2 saturated carbocycles. The van der Waals surface area contributed by atoms with Crippen molar-refractivity contribution in [2.45, 2.75) is 56.1 Å². The highest BCUT2D eigenvalue weighted by Crippen LogP contribution is 2.52. The Labute approximate surface area is 136 Å². The number of hydrogen-bond acceptors (Lipinski definition) is 5. The molecule has 0 aromatic heterocycles. The maximum atomic E-state index is 12.2. The van der Waals surface area contributed by atoms with Crippen LogP contribution in [0.4, 0.5) is 0 Å². The first-order valence-electron chi connectivity index (χ1n) is 8.41. The number of hydrazine groups is 1. The molecule has 3 N–H and O–H groups in total. The molecule has 21 heavy (non-hydrogen) atoms. The number of rotatable bonds is 7. The van der Waals surface area contributed by atoms with Crippen molar-refractivity contribution in [3.63, 3.8) is 0 Å². The monoisotopic (exact) mass is 328 g/mol. The summed E-state index contributed by atoms with van der Waals surface area (Å²) in [5.74, 6) is 11.3. The standard InChI is InChI=1S/C16H28N2OS2/c1-10(13-8-11-4-5-12(13)7-11)16(18-17)21-9-14(19)15-3-2-6-20-15/h10-13,15-16,18H,2-9,17H2,1H3. The molecule has 1 heterocycles. The minimum absolute atomic E-state index is 0.227. The molecule has 0 amide bonds. The normalized spacial score (nSPS) is 37.8. The first kappa shape index (κ1) is 16.2. The number of nitrogens with one attached hydrogen (secondary N) is 1. The molecule has 1 saturated heterocycles. The van der Waals surface area contributed by atoms with Gasteiger partial charge in [0.1, 0.15) is 0 Å². The second kappa shape index (κ2) is 7.24. The van der Waals surface area contributed by atoms with Gasteiger partial charge >= 0.3 is 0 Å². The molecule has 6 atom stereocenters. The van der Waals surface area contributed by atoms with Gasteiger partial charge in [-0.3, -0.25) is 10.6 Å². The third-order valence-corrected chi connectivity index (χ3v) is 8.60. The fourth-order valence-electron chi connectivity index (χ4n) is 4.61. The molecule has 3 nitrogen and oxygen atoms in total. The highest BCUT2D eigenvalue weighted by atomic mass is 32.2. The van der Waals surface area contributed by atoms with Crippen LogP contribution in [-0.4, -0.2) is 27.9 Å². The summed E-state index contributed by atoms with van der Waals surface area (Å²) < 4.78 is 0. The molecular weight excluding hydrogens is 300 g/mol. The lowest BCUT2D eigenvalue weighted by Crippen LogP contribution is -2.42. The molecule has 0 spiro atoms. The molecule has 2 bridgehead atoms. The van der Waals surface area contributed by atoms with E-state index in [4.69, 9.17) is 5.84 Å². The van der Waals surface area contributed by atoms with Gasteiger partial charge in [-0.25, -0.2) is 5.43 Å². The Kier molecular flexibility index (Phi) is 5.57. The lowest BCUT2D eigenvalue weighted by atomic mass is 9.80. The summed E-state index contributed by atoms with van der Waals surface area (Å²) in [5.41, 5.74) is 2.99. The van der Waals surface area contributed by atoms with Crippen molar-refractivity contribution in [1.29, 1.82) is 0 Å². The third-order valence-electron chi connectivity index (χ3n) is 5.80. The number of ketones is 1. The van der Waals surface area contributed by atoms with Gasteiger partial charge in [-0.05, 0) is 61.5 Å². The van der Waals surface area contributed by atoms with Gasteiger partial charge in [0.2, 0.25) is 0 Å². The molecule has 6 unspecified atom stereocenters. The van der Waals surface area contributed by atoms with Crippen LogP contribution in [0.25, 0.3) is 0 Å². The number of thioether (sulfide) groups is 2. The summed E-state index contributed by atoms with van der Waals surface area (Å²) in [4.78, 5) is 12.2. The summed E-state index contributed by atoms with van der Waals surface area (Å²) in [6.07, 6.45) is 7.96. The fraction of sp³-hybridized carbons (Fsp3) is 0.938. The second-order valence-corrected chi connectivity index (χ2v) is 9.50. The van der Waals surface area contributed by atoms with E-state index in [0.29, 0.717) is 17.5 Å². The van der Waals surface area contributed by atoms with Gasteiger partial charge in [0, 0.05) is 0 Å².